The number of rotatable bonds is 17. The number of hydrogen-bond donors (Lipinski definition) is 0. The average Bonchev–Trinajstić information content (AvgIpc) is 2.69. The number of benzene rings is 1. The molecule has 0 saturated carbocycles. The molecule has 3 heteroatoms. The van der Waals surface area contributed by atoms with Gasteiger partial charge in [-0.15, -0.1) is 0 Å². The Balaban J connectivity index is 2.54. The van der Waals surface area contributed by atoms with Crippen molar-refractivity contribution < 1.29 is 13.2 Å². The molecule has 1 rings (SSSR count). The van der Waals surface area contributed by atoms with Gasteiger partial charge in [0.2, 0.25) is 0 Å². The van der Waals surface area contributed by atoms with Crippen molar-refractivity contribution in [3.05, 3.63) is 35.4 Å². The summed E-state index contributed by atoms with van der Waals surface area (Å²) >= 11 is 0. The van der Waals surface area contributed by atoms with Crippen molar-refractivity contribution in [1.29, 1.82) is 0 Å². The van der Waals surface area contributed by atoms with Crippen molar-refractivity contribution in [3.63, 3.8) is 0 Å². The molecule has 1 atom stereocenters. The van der Waals surface area contributed by atoms with Gasteiger partial charge in [-0.1, -0.05) is 122 Å². The highest BCUT2D eigenvalue weighted by atomic mass is 19.4. The number of hydrogen-bond acceptors (Lipinski definition) is 0. The van der Waals surface area contributed by atoms with Gasteiger partial charge in [0.1, 0.15) is 0 Å². The summed E-state index contributed by atoms with van der Waals surface area (Å²) < 4.78 is 41.5. The van der Waals surface area contributed by atoms with Gasteiger partial charge in [0.15, 0.2) is 0 Å². The fourth-order valence-electron chi connectivity index (χ4n) is 4.18. The molecule has 1 aromatic carbocycles. The first-order valence-electron chi connectivity index (χ1n) is 12.1. The summed E-state index contributed by atoms with van der Waals surface area (Å²) in [6.45, 7) is 4.39. The highest BCUT2D eigenvalue weighted by Crippen LogP contribution is 2.40. The minimum atomic E-state index is -4.15. The maximum atomic E-state index is 13.8. The molecule has 1 unspecified atom stereocenters. The second-order valence-electron chi connectivity index (χ2n) is 8.57. The third-order valence-corrected chi connectivity index (χ3v) is 5.97. The van der Waals surface area contributed by atoms with Gasteiger partial charge in [-0.25, -0.2) is 0 Å². The minimum absolute atomic E-state index is 0.227. The zero-order chi connectivity index (χ0) is 21.4. The van der Waals surface area contributed by atoms with Crippen molar-refractivity contribution >= 4 is 0 Å². The van der Waals surface area contributed by atoms with Crippen LogP contribution in [0.15, 0.2) is 24.3 Å². The predicted octanol–water partition coefficient (Wildman–Crippen LogP) is 9.77. The van der Waals surface area contributed by atoms with Crippen molar-refractivity contribution in [3.8, 4) is 0 Å². The first-order chi connectivity index (χ1) is 14.0. The number of halogens is 3. The summed E-state index contributed by atoms with van der Waals surface area (Å²) in [5, 5.41) is 0. The highest BCUT2D eigenvalue weighted by molar-refractivity contribution is 5.31. The highest BCUT2D eigenvalue weighted by Gasteiger charge is 2.40. The topological polar surface area (TPSA) is 0 Å². The summed E-state index contributed by atoms with van der Waals surface area (Å²) in [6.07, 6.45) is 12.6. The number of unbranched alkanes of at least 4 members (excludes halogenated alkanes) is 12. The first-order valence-corrected chi connectivity index (χ1v) is 12.1. The zero-order valence-electron chi connectivity index (χ0n) is 18.8. The maximum absolute atomic E-state index is 13.8. The molecule has 0 fully saturated rings. The summed E-state index contributed by atoms with van der Waals surface area (Å²) in [5.74, 6) is -1.31. The molecule has 0 saturated heterocycles. The quantitative estimate of drug-likeness (QED) is 0.223. The molecule has 0 aliphatic carbocycles. The molecule has 0 bridgehead atoms. The molecule has 0 aliphatic rings. The van der Waals surface area contributed by atoms with Gasteiger partial charge in [-0.05, 0) is 30.4 Å². The molecule has 0 N–H and O–H groups in total. The third kappa shape index (κ3) is 11.7. The van der Waals surface area contributed by atoms with Crippen LogP contribution in [0.1, 0.15) is 127 Å². The average molecular weight is 413 g/mol. The largest absolute Gasteiger partial charge is 0.395 e. The van der Waals surface area contributed by atoms with E-state index in [0.717, 1.165) is 44.1 Å². The molecule has 0 spiro atoms. The Hall–Kier alpha value is -0.990. The van der Waals surface area contributed by atoms with Crippen LogP contribution in [0.25, 0.3) is 0 Å². The fourth-order valence-corrected chi connectivity index (χ4v) is 4.18. The SMILES string of the molecule is CCCCCCCCCc1ccccc1C(CCCCCCCCC)C(F)(F)F. The van der Waals surface area contributed by atoms with E-state index >= 15 is 0 Å². The number of aryl methyl sites for hydroxylation is 1. The van der Waals surface area contributed by atoms with E-state index in [1.165, 1.54) is 51.4 Å². The third-order valence-electron chi connectivity index (χ3n) is 5.97. The van der Waals surface area contributed by atoms with E-state index in [-0.39, 0.29) is 6.42 Å². The van der Waals surface area contributed by atoms with Crippen LogP contribution in [-0.2, 0) is 6.42 Å². The Bertz CT molecular complexity index is 507. The Morgan fingerprint density at radius 2 is 1.14 bits per heavy atom. The molecule has 0 amide bonds. The fraction of sp³-hybridized carbons (Fsp3) is 0.769. The van der Waals surface area contributed by atoms with Crippen molar-refractivity contribution in [2.24, 2.45) is 0 Å². The van der Waals surface area contributed by atoms with E-state index in [4.69, 9.17) is 0 Å². The summed E-state index contributed by atoms with van der Waals surface area (Å²) in [7, 11) is 0. The number of alkyl halides is 3. The molecule has 29 heavy (non-hydrogen) atoms. The lowest BCUT2D eigenvalue weighted by molar-refractivity contribution is -0.152. The molecular formula is C26H43F3. The predicted molar refractivity (Wildman–Crippen MR) is 120 cm³/mol. The Kier molecular flexibility index (Phi) is 14.2. The van der Waals surface area contributed by atoms with Crippen LogP contribution in [0, 0.1) is 0 Å². The minimum Gasteiger partial charge on any atom is -0.170 e. The van der Waals surface area contributed by atoms with Gasteiger partial charge in [-0.2, -0.15) is 13.2 Å². The summed E-state index contributed by atoms with van der Waals surface area (Å²) in [6, 6.07) is 7.29. The lowest BCUT2D eigenvalue weighted by Crippen LogP contribution is -2.22. The van der Waals surface area contributed by atoms with Gasteiger partial charge in [-0.3, -0.25) is 0 Å². The van der Waals surface area contributed by atoms with E-state index < -0.39 is 12.1 Å². The molecule has 168 valence electrons. The van der Waals surface area contributed by atoms with E-state index in [9.17, 15) is 13.2 Å². The molecule has 0 radical (unpaired) electrons. The maximum Gasteiger partial charge on any atom is 0.395 e. The monoisotopic (exact) mass is 412 g/mol. The van der Waals surface area contributed by atoms with Crippen LogP contribution >= 0.6 is 0 Å². The van der Waals surface area contributed by atoms with E-state index in [2.05, 4.69) is 13.8 Å². The second kappa shape index (κ2) is 15.8. The Morgan fingerprint density at radius 3 is 1.69 bits per heavy atom. The zero-order valence-corrected chi connectivity index (χ0v) is 18.8. The van der Waals surface area contributed by atoms with Crippen LogP contribution in [0.5, 0.6) is 0 Å². The van der Waals surface area contributed by atoms with Gasteiger partial charge in [0, 0.05) is 0 Å². The van der Waals surface area contributed by atoms with Crippen LogP contribution in [0.3, 0.4) is 0 Å². The first kappa shape index (κ1) is 26.0. The smallest absolute Gasteiger partial charge is 0.170 e. The van der Waals surface area contributed by atoms with Gasteiger partial charge in [0.05, 0.1) is 5.92 Å². The normalized spacial score (nSPS) is 13.0. The molecule has 0 aromatic heterocycles. The molecule has 1 aromatic rings. The summed E-state index contributed by atoms with van der Waals surface area (Å²) in [4.78, 5) is 0. The molecular weight excluding hydrogens is 369 g/mol. The van der Waals surface area contributed by atoms with E-state index in [1.54, 1.807) is 12.1 Å². The molecule has 0 heterocycles. The van der Waals surface area contributed by atoms with Gasteiger partial charge in [0.25, 0.3) is 0 Å². The Morgan fingerprint density at radius 1 is 0.655 bits per heavy atom. The lowest BCUT2D eigenvalue weighted by Gasteiger charge is -2.23. The van der Waals surface area contributed by atoms with Crippen molar-refractivity contribution in [1.82, 2.24) is 0 Å². The van der Waals surface area contributed by atoms with Crippen LogP contribution in [0.2, 0.25) is 0 Å². The van der Waals surface area contributed by atoms with E-state index in [1.807, 2.05) is 12.1 Å². The second-order valence-corrected chi connectivity index (χ2v) is 8.57. The van der Waals surface area contributed by atoms with E-state index in [0.29, 0.717) is 12.0 Å². The Labute approximate surface area is 177 Å². The van der Waals surface area contributed by atoms with Crippen molar-refractivity contribution in [2.45, 2.75) is 129 Å². The van der Waals surface area contributed by atoms with Gasteiger partial charge >= 0.3 is 6.18 Å². The standard InChI is InChI=1S/C26H43F3/c1-3-5-7-9-11-13-15-19-23-20-17-18-21-24(23)25(26(27,28)29)22-16-14-12-10-8-6-4-2/h17-18,20-21,25H,3-16,19,22H2,1-2H3. The van der Waals surface area contributed by atoms with Crippen LogP contribution in [0.4, 0.5) is 13.2 Å². The lowest BCUT2D eigenvalue weighted by atomic mass is 9.87. The van der Waals surface area contributed by atoms with Crippen LogP contribution in [-0.4, -0.2) is 6.18 Å². The van der Waals surface area contributed by atoms with Crippen LogP contribution < -0.4 is 0 Å². The molecule has 0 nitrogen and oxygen atoms in total. The summed E-state index contributed by atoms with van der Waals surface area (Å²) in [5.41, 5.74) is 1.43. The van der Waals surface area contributed by atoms with Gasteiger partial charge < -0.3 is 0 Å². The van der Waals surface area contributed by atoms with Crippen molar-refractivity contribution in [2.75, 3.05) is 0 Å². The molecule has 0 aliphatic heterocycles.